The highest BCUT2D eigenvalue weighted by molar-refractivity contribution is 6.30. The molecule has 0 aromatic heterocycles. The highest BCUT2D eigenvalue weighted by atomic mass is 35.5. The van der Waals surface area contributed by atoms with Crippen LogP contribution in [0.3, 0.4) is 0 Å². The van der Waals surface area contributed by atoms with Crippen molar-refractivity contribution in [2.75, 3.05) is 5.32 Å². The number of carbonyl (C=O) groups is 1. The van der Waals surface area contributed by atoms with Gasteiger partial charge in [0.2, 0.25) is 5.91 Å². The van der Waals surface area contributed by atoms with Gasteiger partial charge in [0.05, 0.1) is 17.2 Å². The van der Waals surface area contributed by atoms with Gasteiger partial charge < -0.3 is 10.6 Å². The molecule has 21 heavy (non-hydrogen) atoms. The number of alkyl halides is 3. The Morgan fingerprint density at radius 2 is 2.10 bits per heavy atom. The lowest BCUT2D eigenvalue weighted by molar-refractivity contribution is -0.137. The van der Waals surface area contributed by atoms with E-state index >= 15 is 0 Å². The minimum Gasteiger partial charge on any atom is -0.325 e. The fraction of sp³-hybridized carbons (Fsp3) is 0.500. The van der Waals surface area contributed by atoms with Crippen molar-refractivity contribution in [1.82, 2.24) is 5.32 Å². The van der Waals surface area contributed by atoms with Gasteiger partial charge in [-0.25, -0.2) is 0 Å². The van der Waals surface area contributed by atoms with Gasteiger partial charge in [-0.15, -0.1) is 0 Å². The van der Waals surface area contributed by atoms with E-state index in [9.17, 15) is 18.0 Å². The molecule has 2 saturated heterocycles. The maximum absolute atomic E-state index is 13.0. The normalized spacial score (nSPS) is 27.9. The first kappa shape index (κ1) is 14.7. The van der Waals surface area contributed by atoms with Crippen LogP contribution in [0.1, 0.15) is 24.8 Å². The van der Waals surface area contributed by atoms with Crippen LogP contribution in [0.2, 0.25) is 5.02 Å². The Labute approximate surface area is 124 Å². The molecule has 1 aromatic carbocycles. The predicted molar refractivity (Wildman–Crippen MR) is 73.1 cm³/mol. The zero-order chi connectivity index (χ0) is 15.2. The minimum absolute atomic E-state index is 0.0121. The maximum Gasteiger partial charge on any atom is 0.418 e. The van der Waals surface area contributed by atoms with Gasteiger partial charge in [-0.2, -0.15) is 13.2 Å². The van der Waals surface area contributed by atoms with Gasteiger partial charge in [0.25, 0.3) is 0 Å². The molecule has 1 aromatic rings. The van der Waals surface area contributed by atoms with E-state index in [1.807, 2.05) is 0 Å². The van der Waals surface area contributed by atoms with Crippen molar-refractivity contribution in [3.63, 3.8) is 0 Å². The van der Waals surface area contributed by atoms with Crippen molar-refractivity contribution in [2.45, 2.75) is 37.5 Å². The van der Waals surface area contributed by atoms with Gasteiger partial charge in [-0.05, 0) is 37.5 Å². The molecule has 7 heteroatoms. The van der Waals surface area contributed by atoms with Crippen LogP contribution in [0.15, 0.2) is 18.2 Å². The molecular weight excluding hydrogens is 305 g/mol. The van der Waals surface area contributed by atoms with Crippen LogP contribution in [-0.4, -0.2) is 18.0 Å². The van der Waals surface area contributed by atoms with Gasteiger partial charge in [0.1, 0.15) is 0 Å². The number of carbonyl (C=O) groups excluding carboxylic acids is 1. The van der Waals surface area contributed by atoms with Crippen LogP contribution >= 0.6 is 11.6 Å². The Morgan fingerprint density at radius 1 is 1.33 bits per heavy atom. The van der Waals surface area contributed by atoms with Crippen LogP contribution in [-0.2, 0) is 11.0 Å². The Hall–Kier alpha value is -1.27. The van der Waals surface area contributed by atoms with Gasteiger partial charge in [0.15, 0.2) is 0 Å². The highest BCUT2D eigenvalue weighted by Crippen LogP contribution is 2.38. The smallest absolute Gasteiger partial charge is 0.325 e. The molecule has 2 fully saturated rings. The fourth-order valence-electron chi connectivity index (χ4n) is 3.20. The van der Waals surface area contributed by atoms with Crippen LogP contribution in [0, 0.1) is 5.92 Å². The molecule has 0 saturated carbocycles. The zero-order valence-electron chi connectivity index (χ0n) is 11.0. The molecule has 2 aliphatic heterocycles. The number of nitrogens with one attached hydrogen (secondary N) is 2. The summed E-state index contributed by atoms with van der Waals surface area (Å²) < 4.78 is 39.0. The number of hydrogen-bond acceptors (Lipinski definition) is 2. The topological polar surface area (TPSA) is 41.1 Å². The number of anilines is 1. The minimum atomic E-state index is -4.56. The third-order valence-electron chi connectivity index (χ3n) is 4.18. The van der Waals surface area contributed by atoms with E-state index in [0.29, 0.717) is 12.5 Å². The van der Waals surface area contributed by atoms with Crippen LogP contribution in [0.25, 0.3) is 0 Å². The number of benzene rings is 1. The number of rotatable bonds is 2. The van der Waals surface area contributed by atoms with Crippen molar-refractivity contribution in [2.24, 2.45) is 5.92 Å². The van der Waals surface area contributed by atoms with E-state index in [1.54, 1.807) is 0 Å². The molecule has 3 unspecified atom stereocenters. The second-order valence-corrected chi connectivity index (χ2v) is 6.00. The zero-order valence-corrected chi connectivity index (χ0v) is 11.8. The van der Waals surface area contributed by atoms with E-state index in [0.717, 1.165) is 18.9 Å². The van der Waals surface area contributed by atoms with E-state index in [1.165, 1.54) is 12.1 Å². The summed E-state index contributed by atoms with van der Waals surface area (Å²) in [5.41, 5.74) is -1.15. The number of halogens is 4. The Morgan fingerprint density at radius 3 is 2.67 bits per heavy atom. The molecule has 0 aliphatic carbocycles. The second-order valence-electron chi connectivity index (χ2n) is 5.57. The Bertz CT molecular complexity index is 576. The molecule has 114 valence electrons. The molecule has 1 amide bonds. The van der Waals surface area contributed by atoms with E-state index < -0.39 is 11.7 Å². The summed E-state index contributed by atoms with van der Waals surface area (Å²) in [4.78, 5) is 12.2. The lowest BCUT2D eigenvalue weighted by Crippen LogP contribution is -2.33. The van der Waals surface area contributed by atoms with Gasteiger partial charge in [0, 0.05) is 17.1 Å². The van der Waals surface area contributed by atoms with Crippen molar-refractivity contribution in [3.05, 3.63) is 28.8 Å². The number of fused-ring (bicyclic) bond motifs is 2. The molecule has 2 N–H and O–H groups in total. The van der Waals surface area contributed by atoms with Crippen molar-refractivity contribution in [3.8, 4) is 0 Å². The Balaban J connectivity index is 1.80. The molecule has 3 atom stereocenters. The SMILES string of the molecule is O=C(Nc1ccc(Cl)cc1C(F)(F)F)C1CC2CCC1N2. The summed E-state index contributed by atoms with van der Waals surface area (Å²) in [6.45, 7) is 0. The first-order valence-electron chi connectivity index (χ1n) is 6.78. The van der Waals surface area contributed by atoms with Gasteiger partial charge in [-0.3, -0.25) is 4.79 Å². The van der Waals surface area contributed by atoms with Crippen LogP contribution < -0.4 is 10.6 Å². The van der Waals surface area contributed by atoms with E-state index in [4.69, 9.17) is 11.6 Å². The molecule has 2 bridgehead atoms. The number of amides is 1. The standard InChI is InChI=1S/C14H14ClF3N2O/c15-7-1-3-12(10(5-7)14(16,17)18)20-13(21)9-6-8-2-4-11(9)19-8/h1,3,5,8-9,11,19H,2,4,6H2,(H,20,21). The maximum atomic E-state index is 13.0. The summed E-state index contributed by atoms with van der Waals surface area (Å²) in [6.07, 6.45) is -1.94. The van der Waals surface area contributed by atoms with Crippen molar-refractivity contribution >= 4 is 23.2 Å². The molecule has 3 nitrogen and oxygen atoms in total. The molecule has 2 heterocycles. The van der Waals surface area contributed by atoms with Crippen molar-refractivity contribution < 1.29 is 18.0 Å². The van der Waals surface area contributed by atoms with Crippen molar-refractivity contribution in [1.29, 1.82) is 0 Å². The lowest BCUT2D eigenvalue weighted by Gasteiger charge is -2.21. The molecule has 3 rings (SSSR count). The van der Waals surface area contributed by atoms with Gasteiger partial charge in [-0.1, -0.05) is 11.6 Å². The number of hydrogen-bond donors (Lipinski definition) is 2. The first-order chi connectivity index (χ1) is 9.84. The summed E-state index contributed by atoms with van der Waals surface area (Å²) in [5, 5.41) is 5.70. The third kappa shape index (κ3) is 2.87. The predicted octanol–water partition coefficient (Wildman–Crippen LogP) is 3.44. The molecule has 0 radical (unpaired) electrons. The highest BCUT2D eigenvalue weighted by Gasteiger charge is 2.43. The second kappa shape index (κ2) is 5.18. The van der Waals surface area contributed by atoms with E-state index in [2.05, 4.69) is 10.6 Å². The molecule has 2 aliphatic rings. The summed E-state index contributed by atoms with van der Waals surface area (Å²) in [5.74, 6) is -0.622. The quantitative estimate of drug-likeness (QED) is 0.877. The summed E-state index contributed by atoms with van der Waals surface area (Å²) in [7, 11) is 0. The monoisotopic (exact) mass is 318 g/mol. The summed E-state index contributed by atoms with van der Waals surface area (Å²) >= 11 is 5.62. The van der Waals surface area contributed by atoms with Crippen LogP contribution in [0.5, 0.6) is 0 Å². The first-order valence-corrected chi connectivity index (χ1v) is 7.16. The fourth-order valence-corrected chi connectivity index (χ4v) is 3.37. The largest absolute Gasteiger partial charge is 0.418 e. The molecule has 0 spiro atoms. The summed E-state index contributed by atoms with van der Waals surface area (Å²) in [6, 6.07) is 3.76. The average Bonchev–Trinajstić information content (AvgIpc) is 3.02. The van der Waals surface area contributed by atoms with E-state index in [-0.39, 0.29) is 28.6 Å². The molecular formula is C14H14ClF3N2O. The van der Waals surface area contributed by atoms with Crippen LogP contribution in [0.4, 0.5) is 18.9 Å². The average molecular weight is 319 g/mol. The lowest BCUT2D eigenvalue weighted by atomic mass is 9.88. The Kier molecular flexibility index (Phi) is 3.61. The third-order valence-corrected chi connectivity index (χ3v) is 4.42. The van der Waals surface area contributed by atoms with Gasteiger partial charge >= 0.3 is 6.18 Å².